The molecule has 0 aromatic heterocycles. The molecule has 1 heteroatoms. The first-order valence-electron chi connectivity index (χ1n) is 8.18. The molecule has 1 aliphatic rings. The Morgan fingerprint density at radius 1 is 0.870 bits per heavy atom. The minimum atomic E-state index is -0.413. The van der Waals surface area contributed by atoms with Crippen molar-refractivity contribution in [2.24, 2.45) is 0 Å². The maximum absolute atomic E-state index is 12.7. The number of Topliss-reactive ketones (excluding diaryl/α,β-unsaturated/α-hetero) is 1. The molecule has 0 fully saturated rings. The van der Waals surface area contributed by atoms with Gasteiger partial charge < -0.3 is 0 Å². The molecule has 0 N–H and O–H groups in total. The van der Waals surface area contributed by atoms with Crippen LogP contribution in [0.5, 0.6) is 0 Å². The lowest BCUT2D eigenvalue weighted by Gasteiger charge is -2.21. The van der Waals surface area contributed by atoms with Crippen molar-refractivity contribution in [3.8, 4) is 0 Å². The van der Waals surface area contributed by atoms with E-state index in [9.17, 15) is 4.79 Å². The first-order valence-corrected chi connectivity index (χ1v) is 8.18. The summed E-state index contributed by atoms with van der Waals surface area (Å²) >= 11 is 0. The van der Waals surface area contributed by atoms with Crippen LogP contribution in [0.4, 0.5) is 0 Å². The van der Waals surface area contributed by atoms with E-state index in [0.29, 0.717) is 5.78 Å². The van der Waals surface area contributed by atoms with Gasteiger partial charge >= 0.3 is 0 Å². The smallest absolute Gasteiger partial charge is 0.152 e. The van der Waals surface area contributed by atoms with Gasteiger partial charge in [-0.2, -0.15) is 0 Å². The molecule has 23 heavy (non-hydrogen) atoms. The number of carbonyl (C=O) groups excluding carboxylic acids is 1. The zero-order chi connectivity index (χ0) is 16.8. The molecule has 0 heterocycles. The lowest BCUT2D eigenvalue weighted by atomic mass is 9.80. The van der Waals surface area contributed by atoms with Gasteiger partial charge in [-0.05, 0) is 62.4 Å². The largest absolute Gasteiger partial charge is 0.298 e. The van der Waals surface area contributed by atoms with E-state index >= 15 is 0 Å². The van der Waals surface area contributed by atoms with Crippen molar-refractivity contribution >= 4 is 17.4 Å². The Labute approximate surface area is 139 Å². The van der Waals surface area contributed by atoms with Crippen molar-refractivity contribution in [2.75, 3.05) is 0 Å². The van der Waals surface area contributed by atoms with E-state index in [1.807, 2.05) is 33.8 Å². The fraction of sp³-hybridized carbons (Fsp3) is 0.318. The van der Waals surface area contributed by atoms with Crippen LogP contribution in [0.15, 0.2) is 48.5 Å². The average molecular weight is 304 g/mol. The van der Waals surface area contributed by atoms with Crippen molar-refractivity contribution in [3.05, 3.63) is 70.8 Å². The molecule has 2 aromatic rings. The van der Waals surface area contributed by atoms with E-state index in [1.165, 1.54) is 22.3 Å². The van der Waals surface area contributed by atoms with Gasteiger partial charge in [0, 0.05) is 10.8 Å². The summed E-state index contributed by atoms with van der Waals surface area (Å²) in [6.45, 7) is 10.3. The van der Waals surface area contributed by atoms with Gasteiger partial charge in [-0.15, -0.1) is 0 Å². The van der Waals surface area contributed by atoms with E-state index in [0.717, 1.165) is 5.56 Å². The van der Waals surface area contributed by atoms with Crippen LogP contribution in [0.25, 0.3) is 11.6 Å². The van der Waals surface area contributed by atoms with Crippen LogP contribution in [0.3, 0.4) is 0 Å². The minimum Gasteiger partial charge on any atom is -0.298 e. The third kappa shape index (κ3) is 2.45. The normalized spacial score (nSPS) is 18.8. The molecule has 0 atom stereocenters. The number of hydrogen-bond acceptors (Lipinski definition) is 1. The number of fused-ring (bicyclic) bond motifs is 1. The van der Waals surface area contributed by atoms with E-state index in [4.69, 9.17) is 0 Å². The van der Waals surface area contributed by atoms with Crippen molar-refractivity contribution in [3.63, 3.8) is 0 Å². The first-order chi connectivity index (χ1) is 10.7. The molecular weight excluding hydrogens is 280 g/mol. The van der Waals surface area contributed by atoms with Crippen molar-refractivity contribution in [2.45, 2.75) is 45.4 Å². The fourth-order valence-corrected chi connectivity index (χ4v) is 3.77. The Morgan fingerprint density at radius 2 is 1.48 bits per heavy atom. The molecule has 0 unspecified atom stereocenters. The third-order valence-corrected chi connectivity index (χ3v) is 5.14. The number of hydrogen-bond donors (Lipinski definition) is 0. The quantitative estimate of drug-likeness (QED) is 0.680. The predicted octanol–water partition coefficient (Wildman–Crippen LogP) is 5.39. The summed E-state index contributed by atoms with van der Waals surface area (Å²) in [5.41, 5.74) is 5.14. The molecule has 0 saturated heterocycles. The zero-order valence-corrected chi connectivity index (χ0v) is 14.6. The second kappa shape index (κ2) is 5.19. The van der Waals surface area contributed by atoms with Crippen LogP contribution in [0.1, 0.15) is 56.9 Å². The van der Waals surface area contributed by atoms with E-state index in [1.54, 1.807) is 0 Å². The molecule has 1 aliphatic carbocycles. The molecule has 0 bridgehead atoms. The van der Waals surface area contributed by atoms with E-state index in [2.05, 4.69) is 55.5 Å². The van der Waals surface area contributed by atoms with Gasteiger partial charge in [0.2, 0.25) is 0 Å². The summed E-state index contributed by atoms with van der Waals surface area (Å²) in [6.07, 6.45) is 2.20. The van der Waals surface area contributed by atoms with Gasteiger partial charge in [-0.25, -0.2) is 0 Å². The zero-order valence-electron chi connectivity index (χ0n) is 14.6. The summed E-state index contributed by atoms with van der Waals surface area (Å²) in [7, 11) is 0. The highest BCUT2D eigenvalue weighted by Crippen LogP contribution is 2.46. The second-order valence-electron chi connectivity index (χ2n) is 7.58. The van der Waals surface area contributed by atoms with Gasteiger partial charge in [-0.3, -0.25) is 4.79 Å². The molecule has 118 valence electrons. The average Bonchev–Trinajstić information content (AvgIpc) is 2.66. The highest BCUT2D eigenvalue weighted by Gasteiger charge is 2.50. The van der Waals surface area contributed by atoms with Gasteiger partial charge in [-0.1, -0.05) is 54.6 Å². The monoisotopic (exact) mass is 304 g/mol. The minimum absolute atomic E-state index is 0.306. The van der Waals surface area contributed by atoms with Gasteiger partial charge in [0.15, 0.2) is 5.78 Å². The highest BCUT2D eigenvalue weighted by molar-refractivity contribution is 6.03. The number of carbonyl (C=O) groups is 1. The maximum Gasteiger partial charge on any atom is 0.152 e. The molecule has 0 saturated carbocycles. The van der Waals surface area contributed by atoms with Crippen LogP contribution < -0.4 is 0 Å². The Bertz CT molecular complexity index is 792. The van der Waals surface area contributed by atoms with Gasteiger partial charge in [0.25, 0.3) is 0 Å². The van der Waals surface area contributed by atoms with Crippen molar-refractivity contribution < 1.29 is 4.79 Å². The maximum atomic E-state index is 12.7. The van der Waals surface area contributed by atoms with Gasteiger partial charge in [0.1, 0.15) is 0 Å². The molecule has 0 amide bonds. The predicted molar refractivity (Wildman–Crippen MR) is 97.5 cm³/mol. The van der Waals surface area contributed by atoms with E-state index < -0.39 is 10.8 Å². The summed E-state index contributed by atoms with van der Waals surface area (Å²) in [6, 6.07) is 16.8. The highest BCUT2D eigenvalue weighted by atomic mass is 16.1. The lowest BCUT2D eigenvalue weighted by molar-refractivity contribution is -0.126. The van der Waals surface area contributed by atoms with Crippen LogP contribution in [-0.4, -0.2) is 5.78 Å². The molecule has 0 spiro atoms. The number of allylic oxidation sites excluding steroid dienone is 1. The molecule has 3 rings (SSSR count). The Morgan fingerprint density at radius 3 is 2.13 bits per heavy atom. The number of rotatable bonds is 2. The molecule has 1 nitrogen and oxygen atoms in total. The standard InChI is InChI=1S/C22H24O/c1-15(17-9-7-6-8-10-17)13-16-11-12-18-19(14-16)22(4,5)20(23)21(18,2)3/h6-14H,1-5H3. The summed E-state index contributed by atoms with van der Waals surface area (Å²) < 4.78 is 0. The van der Waals surface area contributed by atoms with Crippen LogP contribution in [-0.2, 0) is 15.6 Å². The Balaban J connectivity index is 2.07. The third-order valence-electron chi connectivity index (χ3n) is 5.14. The Kier molecular flexibility index (Phi) is 3.55. The van der Waals surface area contributed by atoms with Crippen LogP contribution in [0.2, 0.25) is 0 Å². The SMILES string of the molecule is CC(=Cc1ccc2c(c1)C(C)(C)C(=O)C2(C)C)c1ccccc1. The summed E-state index contributed by atoms with van der Waals surface area (Å²) in [5.74, 6) is 0.306. The lowest BCUT2D eigenvalue weighted by Crippen LogP contribution is -2.33. The number of benzene rings is 2. The molecular formula is C22H24O. The topological polar surface area (TPSA) is 17.1 Å². The van der Waals surface area contributed by atoms with Crippen molar-refractivity contribution in [1.29, 1.82) is 0 Å². The van der Waals surface area contributed by atoms with Crippen molar-refractivity contribution in [1.82, 2.24) is 0 Å². The number of ketones is 1. The van der Waals surface area contributed by atoms with Crippen LogP contribution in [0, 0.1) is 0 Å². The summed E-state index contributed by atoms with van der Waals surface area (Å²) in [4.78, 5) is 12.7. The molecule has 0 radical (unpaired) electrons. The van der Waals surface area contributed by atoms with Crippen LogP contribution >= 0.6 is 0 Å². The fourth-order valence-electron chi connectivity index (χ4n) is 3.77. The first kappa shape index (κ1) is 15.7. The molecule has 2 aromatic carbocycles. The van der Waals surface area contributed by atoms with E-state index in [-0.39, 0.29) is 0 Å². The Hall–Kier alpha value is -2.15. The summed E-state index contributed by atoms with van der Waals surface area (Å²) in [5, 5.41) is 0. The van der Waals surface area contributed by atoms with Gasteiger partial charge in [0.05, 0.1) is 0 Å². The molecule has 0 aliphatic heterocycles. The second-order valence-corrected chi connectivity index (χ2v) is 7.58.